The van der Waals surface area contributed by atoms with E-state index in [0.29, 0.717) is 34.8 Å². The lowest BCUT2D eigenvalue weighted by molar-refractivity contribution is 0.102. The van der Waals surface area contributed by atoms with E-state index >= 15 is 0 Å². The summed E-state index contributed by atoms with van der Waals surface area (Å²) in [6, 6.07) is 9.01. The van der Waals surface area contributed by atoms with E-state index in [1.54, 1.807) is 18.2 Å². The smallest absolute Gasteiger partial charge is 0.202 e. The summed E-state index contributed by atoms with van der Waals surface area (Å²) in [6.45, 7) is 5.95. The fraction of sp³-hybridized carbons (Fsp3) is 0.444. The Morgan fingerprint density at radius 2 is 1.92 bits per heavy atom. The van der Waals surface area contributed by atoms with Crippen LogP contribution in [0.4, 0.5) is 10.2 Å². The molecule has 0 bridgehead atoms. The van der Waals surface area contributed by atoms with Gasteiger partial charge in [0.15, 0.2) is 10.8 Å². The first-order valence-electron chi connectivity index (χ1n) is 12.6. The van der Waals surface area contributed by atoms with Crippen molar-refractivity contribution in [3.63, 3.8) is 0 Å². The number of H-pyrrole nitrogens is 1. The number of hydrogen-bond acceptors (Lipinski definition) is 7. The van der Waals surface area contributed by atoms with Crippen molar-refractivity contribution in [1.29, 1.82) is 0 Å². The number of aromatic nitrogens is 3. The highest BCUT2D eigenvalue weighted by molar-refractivity contribution is 7.92. The maximum Gasteiger partial charge on any atom is 0.202 e. The van der Waals surface area contributed by atoms with Gasteiger partial charge in [0, 0.05) is 26.1 Å². The van der Waals surface area contributed by atoms with Gasteiger partial charge in [0.1, 0.15) is 23.1 Å². The van der Waals surface area contributed by atoms with Crippen LogP contribution in [0.3, 0.4) is 0 Å². The minimum atomic E-state index is -3.89. The van der Waals surface area contributed by atoms with E-state index in [0.717, 1.165) is 25.9 Å². The van der Waals surface area contributed by atoms with Gasteiger partial charge in [-0.3, -0.25) is 9.89 Å². The Kier molecular flexibility index (Phi) is 6.78. The highest BCUT2D eigenvalue weighted by atomic mass is 32.2. The van der Waals surface area contributed by atoms with E-state index in [1.165, 1.54) is 37.2 Å². The molecule has 2 aromatic heterocycles. The van der Waals surface area contributed by atoms with Crippen LogP contribution < -0.4 is 9.64 Å². The van der Waals surface area contributed by atoms with E-state index in [9.17, 15) is 17.6 Å². The standard InChI is InChI=1S/C27H31FN4O4S.H2/c1-18(2)16-36-21-14-19(13-20(28)15-21)23-4-3-22(24(33)17-37(34,35)25-5-10-29-31-25)26(30-23)32-11-8-27(6-7-27)9-12-32;/h3-5,10,13-15,18H,6-9,11-12,16-17H2,1-2H3,(H,29,31);1H. The first kappa shape index (κ1) is 25.4. The SMILES string of the molecule is CC(C)COc1cc(F)cc(-c2ccc(C(=O)CS(=O)(=O)c3ccn[nH]3)c(N3CCC4(CC3)CC4)n2)c1.[HH]. The summed E-state index contributed by atoms with van der Waals surface area (Å²) in [5.41, 5.74) is 1.67. The number of hydrogen-bond donors (Lipinski definition) is 1. The molecule has 0 amide bonds. The average Bonchev–Trinajstić information content (AvgIpc) is 3.36. The van der Waals surface area contributed by atoms with Gasteiger partial charge >= 0.3 is 0 Å². The highest BCUT2D eigenvalue weighted by Crippen LogP contribution is 2.54. The summed E-state index contributed by atoms with van der Waals surface area (Å²) in [5, 5.41) is 6.00. The Labute approximate surface area is 217 Å². The average molecular weight is 529 g/mol. The minimum absolute atomic E-state index is 0. The molecule has 0 atom stereocenters. The number of pyridine rings is 1. The van der Waals surface area contributed by atoms with Crippen LogP contribution in [0.25, 0.3) is 11.3 Å². The van der Waals surface area contributed by atoms with Gasteiger partial charge in [-0.05, 0) is 67.3 Å². The van der Waals surface area contributed by atoms with Gasteiger partial charge in [-0.2, -0.15) is 5.10 Å². The third-order valence-electron chi connectivity index (χ3n) is 7.14. The predicted octanol–water partition coefficient (Wildman–Crippen LogP) is 4.93. The first-order chi connectivity index (χ1) is 17.6. The van der Waals surface area contributed by atoms with E-state index in [1.807, 2.05) is 13.8 Å². The second-order valence-electron chi connectivity index (χ2n) is 10.5. The summed E-state index contributed by atoms with van der Waals surface area (Å²) < 4.78 is 45.7. The molecule has 0 radical (unpaired) electrons. The molecular formula is C27H33FN4O4S. The van der Waals surface area contributed by atoms with E-state index < -0.39 is 27.2 Å². The molecule has 1 aliphatic carbocycles. The van der Waals surface area contributed by atoms with Crippen LogP contribution in [0, 0.1) is 17.2 Å². The zero-order valence-corrected chi connectivity index (χ0v) is 21.9. The predicted molar refractivity (Wildman–Crippen MR) is 140 cm³/mol. The molecule has 1 N–H and O–H groups in total. The van der Waals surface area contributed by atoms with Gasteiger partial charge < -0.3 is 9.64 Å². The van der Waals surface area contributed by atoms with Crippen molar-refractivity contribution in [2.24, 2.45) is 11.3 Å². The summed E-state index contributed by atoms with van der Waals surface area (Å²) >= 11 is 0. The van der Waals surface area contributed by atoms with Crippen LogP contribution in [0.2, 0.25) is 0 Å². The second kappa shape index (κ2) is 9.89. The molecule has 37 heavy (non-hydrogen) atoms. The minimum Gasteiger partial charge on any atom is -0.493 e. The van der Waals surface area contributed by atoms with Crippen molar-refractivity contribution in [2.75, 3.05) is 30.3 Å². The zero-order valence-electron chi connectivity index (χ0n) is 21.0. The highest BCUT2D eigenvalue weighted by Gasteiger charge is 2.45. The van der Waals surface area contributed by atoms with Gasteiger partial charge in [-0.25, -0.2) is 17.8 Å². The molecule has 10 heteroatoms. The number of Topliss-reactive ketones (excluding diaryl/α,β-unsaturated/α-hetero) is 1. The molecular weight excluding hydrogens is 495 g/mol. The summed E-state index contributed by atoms with van der Waals surface area (Å²) in [7, 11) is -3.89. The summed E-state index contributed by atoms with van der Waals surface area (Å²) in [5.74, 6) is -0.560. The Hall–Kier alpha value is -3.27. The Balaban J connectivity index is 0.00000336. The maximum absolute atomic E-state index is 14.5. The van der Waals surface area contributed by atoms with E-state index in [2.05, 4.69) is 15.1 Å². The van der Waals surface area contributed by atoms with Gasteiger partial charge in [0.2, 0.25) is 9.84 Å². The van der Waals surface area contributed by atoms with Crippen molar-refractivity contribution in [3.05, 3.63) is 54.0 Å². The molecule has 1 saturated heterocycles. The third kappa shape index (κ3) is 5.69. The quantitative estimate of drug-likeness (QED) is 0.393. The number of piperidine rings is 1. The van der Waals surface area contributed by atoms with Crippen molar-refractivity contribution >= 4 is 21.4 Å². The largest absolute Gasteiger partial charge is 0.493 e. The molecule has 1 saturated carbocycles. The molecule has 198 valence electrons. The van der Waals surface area contributed by atoms with E-state index in [-0.39, 0.29) is 17.9 Å². The number of ether oxygens (including phenoxy) is 1. The number of ketones is 1. The second-order valence-corrected chi connectivity index (χ2v) is 12.5. The molecule has 0 unspecified atom stereocenters. The van der Waals surface area contributed by atoms with Gasteiger partial charge in [0.05, 0.1) is 24.1 Å². The molecule has 3 heterocycles. The molecule has 1 spiro atoms. The van der Waals surface area contributed by atoms with Crippen LogP contribution in [0.15, 0.2) is 47.6 Å². The summed E-state index contributed by atoms with van der Waals surface area (Å²) in [6.07, 6.45) is 5.80. The number of nitrogens with zero attached hydrogens (tertiary/aromatic N) is 3. The number of carbonyl (C=O) groups excluding carboxylic acids is 1. The Morgan fingerprint density at radius 1 is 1.16 bits per heavy atom. The Bertz CT molecular complexity index is 1400. The molecule has 2 aliphatic rings. The lowest BCUT2D eigenvalue weighted by Crippen LogP contribution is -2.36. The van der Waals surface area contributed by atoms with Crippen LogP contribution in [0.1, 0.15) is 51.3 Å². The lowest BCUT2D eigenvalue weighted by Gasteiger charge is -2.34. The van der Waals surface area contributed by atoms with Crippen LogP contribution in [-0.4, -0.2) is 54.8 Å². The molecule has 3 aromatic rings. The first-order valence-corrected chi connectivity index (χ1v) is 14.2. The number of halogens is 1. The van der Waals surface area contributed by atoms with Crippen molar-refractivity contribution in [2.45, 2.75) is 44.6 Å². The molecule has 1 aliphatic heterocycles. The number of carbonyl (C=O) groups is 1. The van der Waals surface area contributed by atoms with Crippen molar-refractivity contribution in [3.8, 4) is 17.0 Å². The Morgan fingerprint density at radius 3 is 2.57 bits per heavy atom. The van der Waals surface area contributed by atoms with Crippen LogP contribution in [0.5, 0.6) is 5.75 Å². The number of sulfone groups is 1. The zero-order chi connectivity index (χ0) is 26.2. The van der Waals surface area contributed by atoms with Gasteiger partial charge in [0.25, 0.3) is 0 Å². The lowest BCUT2D eigenvalue weighted by atomic mass is 9.93. The monoisotopic (exact) mass is 528 g/mol. The molecule has 1 aromatic carbocycles. The normalized spacial score (nSPS) is 16.8. The van der Waals surface area contributed by atoms with Gasteiger partial charge in [-0.1, -0.05) is 13.8 Å². The van der Waals surface area contributed by atoms with Crippen molar-refractivity contribution < 1.29 is 23.8 Å². The fourth-order valence-corrected chi connectivity index (χ4v) is 5.85. The molecule has 5 rings (SSSR count). The van der Waals surface area contributed by atoms with Crippen LogP contribution in [-0.2, 0) is 9.84 Å². The number of rotatable bonds is 9. The number of anilines is 1. The summed E-state index contributed by atoms with van der Waals surface area (Å²) in [4.78, 5) is 20.2. The third-order valence-corrected chi connectivity index (χ3v) is 8.68. The number of nitrogens with one attached hydrogen (secondary N) is 1. The topological polar surface area (TPSA) is 105 Å². The number of aromatic amines is 1. The van der Waals surface area contributed by atoms with E-state index in [4.69, 9.17) is 9.72 Å². The fourth-order valence-electron chi connectivity index (χ4n) is 4.74. The van der Waals surface area contributed by atoms with Crippen LogP contribution >= 0.6 is 0 Å². The van der Waals surface area contributed by atoms with Gasteiger partial charge in [-0.15, -0.1) is 0 Å². The molecule has 8 nitrogen and oxygen atoms in total. The maximum atomic E-state index is 14.5. The molecule has 2 fully saturated rings. The van der Waals surface area contributed by atoms with Crippen molar-refractivity contribution in [1.82, 2.24) is 15.2 Å². The number of benzene rings is 1.